The molecule has 0 bridgehead atoms. The van der Waals surface area contributed by atoms with Gasteiger partial charge in [0.05, 0.1) is 10.9 Å². The molecule has 0 aliphatic heterocycles. The fourth-order valence-electron chi connectivity index (χ4n) is 1.51. The van der Waals surface area contributed by atoms with Gasteiger partial charge in [-0.1, -0.05) is 6.92 Å². The molecule has 2 heterocycles. The van der Waals surface area contributed by atoms with Crippen LogP contribution in [0.2, 0.25) is 0 Å². The summed E-state index contributed by atoms with van der Waals surface area (Å²) in [6, 6.07) is 3.55. The van der Waals surface area contributed by atoms with Gasteiger partial charge in [0, 0.05) is 4.88 Å². The molecule has 18 heavy (non-hydrogen) atoms. The minimum Gasteiger partial charge on any atom is -0.367 e. The van der Waals surface area contributed by atoms with E-state index in [0.717, 1.165) is 6.42 Å². The number of amides is 1. The summed E-state index contributed by atoms with van der Waals surface area (Å²) in [5, 5.41) is 9.25. The number of hydrogen-bond acceptors (Lipinski definition) is 5. The minimum atomic E-state index is -0.255. The van der Waals surface area contributed by atoms with Gasteiger partial charge in [0.15, 0.2) is 0 Å². The molecule has 7 heteroatoms. The van der Waals surface area contributed by atoms with Crippen molar-refractivity contribution in [3.05, 3.63) is 27.7 Å². The number of anilines is 1. The smallest absolute Gasteiger partial charge is 0.261 e. The van der Waals surface area contributed by atoms with Crippen LogP contribution in [0, 0.1) is 0 Å². The first-order chi connectivity index (χ1) is 8.60. The maximum absolute atomic E-state index is 12.0. The third-order valence-electron chi connectivity index (χ3n) is 2.51. The highest BCUT2D eigenvalue weighted by atomic mass is 32.1. The number of nitrogens with zero attached hydrogens (tertiary/aromatic N) is 2. The van der Waals surface area contributed by atoms with Crippen LogP contribution in [0.25, 0.3) is 0 Å². The number of aryl methyl sites for hydroxylation is 1. The van der Waals surface area contributed by atoms with Crippen molar-refractivity contribution in [3.63, 3.8) is 0 Å². The topological polar surface area (TPSA) is 96.7 Å². The predicted molar refractivity (Wildman–Crippen MR) is 70.4 cm³/mol. The summed E-state index contributed by atoms with van der Waals surface area (Å²) in [4.78, 5) is 17.8. The quantitative estimate of drug-likeness (QED) is 0.780. The molecule has 0 aliphatic rings. The van der Waals surface area contributed by atoms with Crippen molar-refractivity contribution in [3.8, 4) is 0 Å². The van der Waals surface area contributed by atoms with E-state index >= 15 is 0 Å². The number of aromatic amines is 1. The van der Waals surface area contributed by atoms with Crippen LogP contribution in [-0.2, 0) is 6.42 Å². The maximum atomic E-state index is 12.0. The molecular weight excluding hydrogens is 250 g/mol. The van der Waals surface area contributed by atoms with Crippen LogP contribution in [-0.4, -0.2) is 21.1 Å². The van der Waals surface area contributed by atoms with E-state index in [2.05, 4.69) is 27.4 Å². The lowest BCUT2D eigenvalue weighted by molar-refractivity contribution is 0.0942. The molecule has 96 valence electrons. The Kier molecular flexibility index (Phi) is 3.61. The largest absolute Gasteiger partial charge is 0.367 e. The lowest BCUT2D eigenvalue weighted by Crippen LogP contribution is -2.26. The van der Waals surface area contributed by atoms with Gasteiger partial charge in [-0.2, -0.15) is 4.98 Å². The summed E-state index contributed by atoms with van der Waals surface area (Å²) in [7, 11) is 0. The molecule has 2 rings (SSSR count). The third-order valence-corrected chi connectivity index (χ3v) is 3.74. The molecule has 1 amide bonds. The lowest BCUT2D eigenvalue weighted by atomic mass is 10.3. The second-order valence-corrected chi connectivity index (χ2v) is 5.06. The summed E-state index contributed by atoms with van der Waals surface area (Å²) in [5.41, 5.74) is 5.42. The molecule has 0 spiro atoms. The Labute approximate surface area is 109 Å². The normalized spacial score (nSPS) is 12.3. The molecule has 4 N–H and O–H groups in total. The molecule has 2 aromatic rings. The molecule has 0 aromatic carbocycles. The van der Waals surface area contributed by atoms with Crippen LogP contribution in [0.3, 0.4) is 0 Å². The monoisotopic (exact) mass is 265 g/mol. The van der Waals surface area contributed by atoms with Crippen LogP contribution >= 0.6 is 11.3 Å². The van der Waals surface area contributed by atoms with Crippen molar-refractivity contribution in [2.24, 2.45) is 0 Å². The van der Waals surface area contributed by atoms with E-state index < -0.39 is 0 Å². The van der Waals surface area contributed by atoms with E-state index in [1.165, 1.54) is 16.2 Å². The van der Waals surface area contributed by atoms with Gasteiger partial charge in [0.1, 0.15) is 5.82 Å². The van der Waals surface area contributed by atoms with Crippen LogP contribution in [0.15, 0.2) is 12.1 Å². The highest BCUT2D eigenvalue weighted by Crippen LogP contribution is 2.18. The minimum absolute atomic E-state index is 0.109. The van der Waals surface area contributed by atoms with Gasteiger partial charge < -0.3 is 11.1 Å². The molecule has 0 unspecified atom stereocenters. The number of aromatic nitrogens is 3. The SMILES string of the molecule is CCc1ccc(C(=O)N[C@H](C)c2nc(N)n[nH]2)s1. The number of carbonyl (C=O) groups excluding carboxylic acids is 1. The Balaban J connectivity index is 2.02. The van der Waals surface area contributed by atoms with Crippen molar-refractivity contribution < 1.29 is 4.79 Å². The Morgan fingerprint density at radius 3 is 2.94 bits per heavy atom. The van der Waals surface area contributed by atoms with Gasteiger partial charge in [0.2, 0.25) is 5.95 Å². The number of carbonyl (C=O) groups is 1. The Morgan fingerprint density at radius 1 is 1.61 bits per heavy atom. The van der Waals surface area contributed by atoms with Crippen molar-refractivity contribution in [1.82, 2.24) is 20.5 Å². The van der Waals surface area contributed by atoms with Gasteiger partial charge >= 0.3 is 0 Å². The van der Waals surface area contributed by atoms with E-state index in [0.29, 0.717) is 10.7 Å². The van der Waals surface area contributed by atoms with E-state index in [1.807, 2.05) is 19.1 Å². The van der Waals surface area contributed by atoms with Gasteiger partial charge in [0.25, 0.3) is 5.91 Å². The number of nitrogen functional groups attached to an aromatic ring is 1. The van der Waals surface area contributed by atoms with Crippen molar-refractivity contribution in [2.75, 3.05) is 5.73 Å². The third kappa shape index (κ3) is 2.67. The zero-order valence-electron chi connectivity index (χ0n) is 10.2. The summed E-state index contributed by atoms with van der Waals surface area (Å²) in [5.74, 6) is 0.616. The number of nitrogens with one attached hydrogen (secondary N) is 2. The summed E-state index contributed by atoms with van der Waals surface area (Å²) >= 11 is 1.50. The van der Waals surface area contributed by atoms with Gasteiger partial charge in [-0.05, 0) is 25.5 Å². The number of rotatable bonds is 4. The Hall–Kier alpha value is -1.89. The molecule has 0 radical (unpaired) electrons. The van der Waals surface area contributed by atoms with Crippen molar-refractivity contribution in [1.29, 1.82) is 0 Å². The fourth-order valence-corrected chi connectivity index (χ4v) is 2.36. The molecule has 0 aliphatic carbocycles. The van der Waals surface area contributed by atoms with Crippen LogP contribution in [0.4, 0.5) is 5.95 Å². The highest BCUT2D eigenvalue weighted by Gasteiger charge is 2.15. The fraction of sp³-hybridized carbons (Fsp3) is 0.364. The highest BCUT2D eigenvalue weighted by molar-refractivity contribution is 7.14. The first-order valence-electron chi connectivity index (χ1n) is 5.67. The van der Waals surface area contributed by atoms with E-state index in [4.69, 9.17) is 5.73 Å². The van der Waals surface area contributed by atoms with Crippen molar-refractivity contribution >= 4 is 23.2 Å². The number of hydrogen-bond donors (Lipinski definition) is 3. The van der Waals surface area contributed by atoms with Gasteiger partial charge in [-0.25, -0.2) is 0 Å². The Bertz CT molecular complexity index is 547. The second kappa shape index (κ2) is 5.18. The number of thiophene rings is 1. The zero-order valence-corrected chi connectivity index (χ0v) is 11.0. The van der Waals surface area contributed by atoms with E-state index in [1.54, 1.807) is 0 Å². The van der Waals surface area contributed by atoms with Gasteiger partial charge in [-0.3, -0.25) is 9.89 Å². The molecule has 6 nitrogen and oxygen atoms in total. The summed E-state index contributed by atoms with van der Waals surface area (Å²) in [6.07, 6.45) is 0.937. The van der Waals surface area contributed by atoms with E-state index in [9.17, 15) is 4.79 Å². The van der Waals surface area contributed by atoms with Crippen LogP contribution in [0.1, 0.15) is 40.3 Å². The Morgan fingerprint density at radius 2 is 2.39 bits per heavy atom. The number of nitrogens with two attached hydrogens (primary N) is 1. The second-order valence-electron chi connectivity index (χ2n) is 3.89. The maximum Gasteiger partial charge on any atom is 0.261 e. The van der Waals surface area contributed by atoms with Crippen LogP contribution < -0.4 is 11.1 Å². The summed E-state index contributed by atoms with van der Waals surface area (Å²) < 4.78 is 0. The molecule has 2 aromatic heterocycles. The summed E-state index contributed by atoms with van der Waals surface area (Å²) in [6.45, 7) is 3.89. The molecule has 1 atom stereocenters. The first kappa shape index (κ1) is 12.6. The van der Waals surface area contributed by atoms with Gasteiger partial charge in [-0.15, -0.1) is 16.4 Å². The van der Waals surface area contributed by atoms with Crippen molar-refractivity contribution in [2.45, 2.75) is 26.3 Å². The predicted octanol–water partition coefficient (Wildman–Crippen LogP) is 1.50. The van der Waals surface area contributed by atoms with E-state index in [-0.39, 0.29) is 17.9 Å². The average Bonchev–Trinajstić information content (AvgIpc) is 2.97. The zero-order chi connectivity index (χ0) is 13.1. The molecule has 0 saturated heterocycles. The van der Waals surface area contributed by atoms with Crippen LogP contribution in [0.5, 0.6) is 0 Å². The standard InChI is InChI=1S/C11H15N5OS/c1-3-7-4-5-8(18-7)10(17)13-6(2)9-14-11(12)16-15-9/h4-6H,3H2,1-2H3,(H,13,17)(H3,12,14,15,16)/t6-/m1/s1. The lowest BCUT2D eigenvalue weighted by Gasteiger charge is -2.09. The average molecular weight is 265 g/mol. The number of H-pyrrole nitrogens is 1. The molecule has 0 fully saturated rings. The molecule has 0 saturated carbocycles. The molecular formula is C11H15N5OS. The first-order valence-corrected chi connectivity index (χ1v) is 6.49.